The Balaban J connectivity index is 0.000000317. The monoisotopic (exact) mass is 367 g/mol. The molecule has 2 rings (SSSR count). The summed E-state index contributed by atoms with van der Waals surface area (Å²) in [6.45, 7) is 0.798. The van der Waals surface area contributed by atoms with Crippen molar-refractivity contribution in [3.8, 4) is 11.5 Å². The van der Waals surface area contributed by atoms with Crippen molar-refractivity contribution in [2.24, 2.45) is 0 Å². The van der Waals surface area contributed by atoms with E-state index in [9.17, 15) is 10.1 Å². The van der Waals surface area contributed by atoms with E-state index in [0.717, 1.165) is 10.7 Å². The van der Waals surface area contributed by atoms with E-state index in [0.29, 0.717) is 19.0 Å². The third kappa shape index (κ3) is 4.16. The minimum absolute atomic E-state index is 0.0443. The Labute approximate surface area is 116 Å². The van der Waals surface area contributed by atoms with Crippen LogP contribution in [0.5, 0.6) is 11.5 Å². The van der Waals surface area contributed by atoms with E-state index >= 15 is 0 Å². The quantitative estimate of drug-likeness (QED) is 0.457. The average molecular weight is 369 g/mol. The predicted octanol–water partition coefficient (Wildman–Crippen LogP) is 3.14. The SMILES string of the molecule is BrCCBr.O=[N+]([O-])c1cccc2c1OCCO2. The van der Waals surface area contributed by atoms with Crippen molar-refractivity contribution >= 4 is 37.5 Å². The lowest BCUT2D eigenvalue weighted by atomic mass is 10.2. The second kappa shape index (κ2) is 7.50. The summed E-state index contributed by atoms with van der Waals surface area (Å²) in [4.78, 5) is 10.1. The van der Waals surface area contributed by atoms with Gasteiger partial charge in [-0.25, -0.2) is 0 Å². The number of nitro groups is 1. The molecule has 0 fully saturated rings. The number of nitro benzene ring substituents is 1. The lowest BCUT2D eigenvalue weighted by Gasteiger charge is -2.17. The number of hydrogen-bond acceptors (Lipinski definition) is 4. The van der Waals surface area contributed by atoms with Crippen molar-refractivity contribution in [2.75, 3.05) is 23.9 Å². The lowest BCUT2D eigenvalue weighted by Crippen LogP contribution is -2.16. The van der Waals surface area contributed by atoms with Gasteiger partial charge in [0.05, 0.1) is 4.92 Å². The van der Waals surface area contributed by atoms with Gasteiger partial charge in [0.2, 0.25) is 5.75 Å². The Hall–Kier alpha value is -0.820. The number of ether oxygens (including phenoxy) is 2. The highest BCUT2D eigenvalue weighted by molar-refractivity contribution is 9.11. The summed E-state index contributed by atoms with van der Waals surface area (Å²) >= 11 is 6.40. The van der Waals surface area contributed by atoms with Crippen molar-refractivity contribution in [2.45, 2.75) is 0 Å². The second-order valence-corrected chi connectivity index (χ2v) is 4.52. The number of nitrogens with zero attached hydrogens (tertiary/aromatic N) is 1. The maximum atomic E-state index is 10.5. The number of rotatable bonds is 2. The van der Waals surface area contributed by atoms with E-state index in [2.05, 4.69) is 31.9 Å². The molecule has 1 heterocycles. The van der Waals surface area contributed by atoms with Crippen molar-refractivity contribution in [1.29, 1.82) is 0 Å². The number of alkyl halides is 2. The van der Waals surface area contributed by atoms with Crippen molar-refractivity contribution in [1.82, 2.24) is 0 Å². The fraction of sp³-hybridized carbons (Fsp3) is 0.400. The van der Waals surface area contributed by atoms with E-state index in [1.165, 1.54) is 6.07 Å². The largest absolute Gasteiger partial charge is 0.486 e. The fourth-order valence-electron chi connectivity index (χ4n) is 1.20. The molecule has 17 heavy (non-hydrogen) atoms. The minimum Gasteiger partial charge on any atom is -0.486 e. The van der Waals surface area contributed by atoms with Gasteiger partial charge in [-0.3, -0.25) is 10.1 Å². The van der Waals surface area contributed by atoms with Crippen LogP contribution in [-0.4, -0.2) is 28.8 Å². The molecule has 0 saturated carbocycles. The van der Waals surface area contributed by atoms with Crippen LogP contribution in [0.1, 0.15) is 0 Å². The number of benzene rings is 1. The van der Waals surface area contributed by atoms with E-state index < -0.39 is 4.92 Å². The zero-order valence-corrected chi connectivity index (χ0v) is 12.1. The molecule has 0 spiro atoms. The molecule has 1 aromatic rings. The van der Waals surface area contributed by atoms with Crippen LogP contribution >= 0.6 is 31.9 Å². The molecule has 0 N–H and O–H groups in total. The second-order valence-electron chi connectivity index (χ2n) is 2.94. The molecule has 0 saturated heterocycles. The van der Waals surface area contributed by atoms with Gasteiger partial charge in [0.1, 0.15) is 13.2 Å². The molecule has 0 aliphatic carbocycles. The molecule has 0 aromatic heterocycles. The third-order valence-electron chi connectivity index (χ3n) is 1.81. The van der Waals surface area contributed by atoms with Crippen LogP contribution in [0.15, 0.2) is 18.2 Å². The zero-order valence-electron chi connectivity index (χ0n) is 8.90. The first kappa shape index (κ1) is 14.2. The Morgan fingerprint density at radius 3 is 2.47 bits per heavy atom. The van der Waals surface area contributed by atoms with Gasteiger partial charge in [0, 0.05) is 16.7 Å². The summed E-state index contributed by atoms with van der Waals surface area (Å²) in [5.74, 6) is 0.680. The Kier molecular flexibility index (Phi) is 6.28. The molecule has 1 aromatic carbocycles. The smallest absolute Gasteiger partial charge is 0.314 e. The normalized spacial score (nSPS) is 12.4. The van der Waals surface area contributed by atoms with Crippen LogP contribution in [0, 0.1) is 10.1 Å². The number of para-hydroxylation sites is 1. The molecule has 0 amide bonds. The molecule has 0 atom stereocenters. The van der Waals surface area contributed by atoms with Gasteiger partial charge in [0.25, 0.3) is 0 Å². The van der Waals surface area contributed by atoms with Gasteiger partial charge in [0.15, 0.2) is 5.75 Å². The highest BCUT2D eigenvalue weighted by Crippen LogP contribution is 2.38. The number of halogens is 2. The minimum atomic E-state index is -0.479. The third-order valence-corrected chi connectivity index (χ3v) is 3.67. The van der Waals surface area contributed by atoms with Crippen LogP contribution in [0.2, 0.25) is 0 Å². The molecule has 7 heteroatoms. The average Bonchev–Trinajstić information content (AvgIpc) is 2.38. The van der Waals surface area contributed by atoms with E-state index in [1.807, 2.05) is 0 Å². The molecule has 0 bridgehead atoms. The first-order valence-corrected chi connectivity index (χ1v) is 7.10. The number of hydrogen-bond donors (Lipinski definition) is 0. The summed E-state index contributed by atoms with van der Waals surface area (Å²) in [5, 5.41) is 12.6. The Morgan fingerprint density at radius 2 is 1.88 bits per heavy atom. The fourth-order valence-corrected chi connectivity index (χ4v) is 1.20. The van der Waals surface area contributed by atoms with Crippen LogP contribution < -0.4 is 9.47 Å². The number of fused-ring (bicyclic) bond motifs is 1. The summed E-state index contributed by atoms with van der Waals surface area (Å²) in [5.41, 5.74) is -0.0443. The highest BCUT2D eigenvalue weighted by atomic mass is 79.9. The zero-order chi connectivity index (χ0) is 12.7. The maximum Gasteiger partial charge on any atom is 0.314 e. The summed E-state index contributed by atoms with van der Waals surface area (Å²) in [6.07, 6.45) is 0. The van der Waals surface area contributed by atoms with Gasteiger partial charge in [-0.2, -0.15) is 0 Å². The standard InChI is InChI=1S/C8H7NO4.C2H4Br2/c10-9(11)6-2-1-3-7-8(6)13-5-4-12-7;3-1-2-4/h1-3H,4-5H2;1-2H2. The van der Waals surface area contributed by atoms with Crippen LogP contribution in [-0.2, 0) is 0 Å². The van der Waals surface area contributed by atoms with Gasteiger partial charge in [-0.15, -0.1) is 0 Å². The van der Waals surface area contributed by atoms with Crippen LogP contribution in [0.25, 0.3) is 0 Å². The lowest BCUT2D eigenvalue weighted by molar-refractivity contribution is -0.386. The van der Waals surface area contributed by atoms with Crippen LogP contribution in [0.3, 0.4) is 0 Å². The summed E-state index contributed by atoms with van der Waals surface area (Å²) < 4.78 is 10.3. The van der Waals surface area contributed by atoms with Gasteiger partial charge in [-0.05, 0) is 6.07 Å². The first-order valence-electron chi connectivity index (χ1n) is 4.85. The summed E-state index contributed by atoms with van der Waals surface area (Å²) in [6, 6.07) is 4.63. The van der Waals surface area contributed by atoms with Crippen molar-refractivity contribution < 1.29 is 14.4 Å². The molecule has 0 radical (unpaired) electrons. The Morgan fingerprint density at radius 1 is 1.24 bits per heavy atom. The predicted molar refractivity (Wildman–Crippen MR) is 71.7 cm³/mol. The molecular formula is C10H11Br2NO4. The van der Waals surface area contributed by atoms with E-state index in [1.54, 1.807) is 12.1 Å². The maximum absolute atomic E-state index is 10.5. The van der Waals surface area contributed by atoms with E-state index in [-0.39, 0.29) is 11.4 Å². The molecule has 1 aliphatic heterocycles. The highest BCUT2D eigenvalue weighted by Gasteiger charge is 2.22. The molecule has 1 aliphatic rings. The molecule has 0 unspecified atom stereocenters. The molecule has 5 nitrogen and oxygen atoms in total. The summed E-state index contributed by atoms with van der Waals surface area (Å²) in [7, 11) is 0. The molecule has 94 valence electrons. The first-order chi connectivity index (χ1) is 8.20. The van der Waals surface area contributed by atoms with Gasteiger partial charge in [-0.1, -0.05) is 37.9 Å². The molecular weight excluding hydrogens is 358 g/mol. The van der Waals surface area contributed by atoms with Crippen LogP contribution in [0.4, 0.5) is 5.69 Å². The van der Waals surface area contributed by atoms with Gasteiger partial charge < -0.3 is 9.47 Å². The Bertz CT molecular complexity index is 385. The van der Waals surface area contributed by atoms with E-state index in [4.69, 9.17) is 9.47 Å². The topological polar surface area (TPSA) is 61.6 Å². The van der Waals surface area contributed by atoms with Gasteiger partial charge >= 0.3 is 5.69 Å². The van der Waals surface area contributed by atoms with Crippen molar-refractivity contribution in [3.63, 3.8) is 0 Å². The van der Waals surface area contributed by atoms with Crippen molar-refractivity contribution in [3.05, 3.63) is 28.3 Å².